The highest BCUT2D eigenvalue weighted by Gasteiger charge is 2.12. The Morgan fingerprint density at radius 2 is 1.56 bits per heavy atom. The minimum absolute atomic E-state index is 0.779. The zero-order valence-corrected chi connectivity index (χ0v) is 15.3. The SMILES string of the molecule is Cc1cc(C)cc(Nc2nc(C)nc3sc(-c4ccccc4)cc23)c1. The molecule has 0 atom stereocenters. The van der Waals surface area contributed by atoms with Crippen molar-refractivity contribution < 1.29 is 0 Å². The molecular formula is C21H19N3S. The maximum atomic E-state index is 4.65. The van der Waals surface area contributed by atoms with Gasteiger partial charge in [-0.25, -0.2) is 9.97 Å². The van der Waals surface area contributed by atoms with Gasteiger partial charge < -0.3 is 5.32 Å². The van der Waals surface area contributed by atoms with E-state index in [2.05, 4.69) is 77.7 Å². The normalized spacial score (nSPS) is 11.0. The first-order valence-electron chi connectivity index (χ1n) is 8.27. The number of thiophene rings is 1. The van der Waals surface area contributed by atoms with Gasteiger partial charge in [0.25, 0.3) is 0 Å². The van der Waals surface area contributed by atoms with Gasteiger partial charge in [0.1, 0.15) is 16.5 Å². The number of rotatable bonds is 3. The second kappa shape index (κ2) is 6.30. The summed E-state index contributed by atoms with van der Waals surface area (Å²) in [5.41, 5.74) is 4.74. The van der Waals surface area contributed by atoms with Crippen LogP contribution < -0.4 is 5.32 Å². The molecule has 0 aliphatic heterocycles. The number of fused-ring (bicyclic) bond motifs is 1. The van der Waals surface area contributed by atoms with Gasteiger partial charge >= 0.3 is 0 Å². The molecular weight excluding hydrogens is 326 g/mol. The molecule has 25 heavy (non-hydrogen) atoms. The predicted octanol–water partition coefficient (Wildman–Crippen LogP) is 6.03. The highest BCUT2D eigenvalue weighted by molar-refractivity contribution is 7.21. The van der Waals surface area contributed by atoms with Crippen molar-refractivity contribution in [3.05, 3.63) is 71.5 Å². The second-order valence-corrected chi connectivity index (χ2v) is 7.35. The molecule has 0 radical (unpaired) electrons. The van der Waals surface area contributed by atoms with E-state index in [0.717, 1.165) is 27.5 Å². The number of aryl methyl sites for hydroxylation is 3. The Morgan fingerprint density at radius 1 is 0.840 bits per heavy atom. The van der Waals surface area contributed by atoms with Gasteiger partial charge in [-0.3, -0.25) is 0 Å². The Morgan fingerprint density at radius 3 is 2.28 bits per heavy atom. The molecule has 4 heteroatoms. The second-order valence-electron chi connectivity index (χ2n) is 6.32. The lowest BCUT2D eigenvalue weighted by Gasteiger charge is -2.09. The molecule has 1 N–H and O–H groups in total. The van der Waals surface area contributed by atoms with Crippen LogP contribution in [0.3, 0.4) is 0 Å². The molecule has 2 heterocycles. The van der Waals surface area contributed by atoms with E-state index >= 15 is 0 Å². The first-order valence-corrected chi connectivity index (χ1v) is 9.09. The smallest absolute Gasteiger partial charge is 0.142 e. The monoisotopic (exact) mass is 345 g/mol. The summed E-state index contributed by atoms with van der Waals surface area (Å²) in [5, 5.41) is 4.55. The topological polar surface area (TPSA) is 37.8 Å². The molecule has 2 aromatic carbocycles. The third-order valence-corrected chi connectivity index (χ3v) is 5.13. The van der Waals surface area contributed by atoms with Gasteiger partial charge in [0.15, 0.2) is 0 Å². The van der Waals surface area contributed by atoms with Crippen molar-refractivity contribution in [2.45, 2.75) is 20.8 Å². The molecule has 3 nitrogen and oxygen atoms in total. The van der Waals surface area contributed by atoms with E-state index in [4.69, 9.17) is 0 Å². The number of hydrogen-bond donors (Lipinski definition) is 1. The largest absolute Gasteiger partial charge is 0.340 e. The lowest BCUT2D eigenvalue weighted by atomic mass is 10.1. The summed E-state index contributed by atoms with van der Waals surface area (Å²) in [5.74, 6) is 1.65. The first-order chi connectivity index (χ1) is 12.1. The molecule has 0 fully saturated rings. The molecule has 0 unspecified atom stereocenters. The number of aromatic nitrogens is 2. The number of hydrogen-bond acceptors (Lipinski definition) is 4. The average Bonchev–Trinajstić information content (AvgIpc) is 2.99. The zero-order valence-electron chi connectivity index (χ0n) is 14.5. The zero-order chi connectivity index (χ0) is 17.4. The predicted molar refractivity (Wildman–Crippen MR) is 107 cm³/mol. The summed E-state index contributed by atoms with van der Waals surface area (Å²) >= 11 is 1.70. The lowest BCUT2D eigenvalue weighted by molar-refractivity contribution is 1.10. The van der Waals surface area contributed by atoms with E-state index in [9.17, 15) is 0 Å². The molecule has 4 aromatic rings. The minimum atomic E-state index is 0.779. The van der Waals surface area contributed by atoms with Gasteiger partial charge in [-0.15, -0.1) is 11.3 Å². The van der Waals surface area contributed by atoms with Gasteiger partial charge in [-0.2, -0.15) is 0 Å². The fourth-order valence-corrected chi connectivity index (χ4v) is 4.13. The minimum Gasteiger partial charge on any atom is -0.340 e. The van der Waals surface area contributed by atoms with Crippen LogP contribution in [0.5, 0.6) is 0 Å². The molecule has 0 aliphatic carbocycles. The summed E-state index contributed by atoms with van der Waals surface area (Å²) in [6.45, 7) is 6.15. The number of nitrogens with one attached hydrogen (secondary N) is 1. The molecule has 0 spiro atoms. The maximum Gasteiger partial charge on any atom is 0.142 e. The standard InChI is InChI=1S/C21H19N3S/c1-13-9-14(2)11-17(10-13)24-20-18-12-19(16-7-5-4-6-8-16)25-21(18)23-15(3)22-20/h4-12H,1-3H3,(H,22,23,24). The Hall–Kier alpha value is -2.72. The first kappa shape index (κ1) is 15.8. The fourth-order valence-electron chi connectivity index (χ4n) is 3.05. The van der Waals surface area contributed by atoms with E-state index in [1.54, 1.807) is 11.3 Å². The van der Waals surface area contributed by atoms with Crippen LogP contribution in [0.15, 0.2) is 54.6 Å². The number of benzene rings is 2. The van der Waals surface area contributed by atoms with Gasteiger partial charge in [0.2, 0.25) is 0 Å². The van der Waals surface area contributed by atoms with Crippen LogP contribution in [0.4, 0.5) is 11.5 Å². The van der Waals surface area contributed by atoms with Crippen molar-refractivity contribution in [3.63, 3.8) is 0 Å². The van der Waals surface area contributed by atoms with E-state index in [1.807, 2.05) is 13.0 Å². The van der Waals surface area contributed by atoms with Gasteiger partial charge in [0.05, 0.1) is 5.39 Å². The molecule has 0 aliphatic rings. The molecule has 2 aromatic heterocycles. The van der Waals surface area contributed by atoms with Crippen LogP contribution in [0.25, 0.3) is 20.7 Å². The molecule has 0 bridgehead atoms. The van der Waals surface area contributed by atoms with Crippen molar-refractivity contribution >= 4 is 33.1 Å². The van der Waals surface area contributed by atoms with Crippen molar-refractivity contribution in [2.75, 3.05) is 5.32 Å². The van der Waals surface area contributed by atoms with Crippen molar-refractivity contribution in [3.8, 4) is 10.4 Å². The van der Waals surface area contributed by atoms with E-state index in [1.165, 1.54) is 21.6 Å². The van der Waals surface area contributed by atoms with Crippen LogP contribution in [0.1, 0.15) is 17.0 Å². The summed E-state index contributed by atoms with van der Waals surface area (Å²) in [4.78, 5) is 11.5. The quantitative estimate of drug-likeness (QED) is 0.493. The van der Waals surface area contributed by atoms with Crippen LogP contribution in [-0.4, -0.2) is 9.97 Å². The number of nitrogens with zero attached hydrogens (tertiary/aromatic N) is 2. The summed E-state index contributed by atoms with van der Waals surface area (Å²) in [7, 11) is 0. The van der Waals surface area contributed by atoms with Gasteiger partial charge in [-0.1, -0.05) is 36.4 Å². The van der Waals surface area contributed by atoms with E-state index in [0.29, 0.717) is 0 Å². The molecule has 4 rings (SSSR count). The fraction of sp³-hybridized carbons (Fsp3) is 0.143. The molecule has 0 saturated heterocycles. The third-order valence-electron chi connectivity index (χ3n) is 4.05. The molecule has 0 amide bonds. The van der Waals surface area contributed by atoms with Crippen LogP contribution in [0, 0.1) is 20.8 Å². The van der Waals surface area contributed by atoms with Gasteiger partial charge in [-0.05, 0) is 55.7 Å². The summed E-state index contributed by atoms with van der Waals surface area (Å²) in [6.07, 6.45) is 0. The Balaban J connectivity index is 1.81. The Kier molecular flexibility index (Phi) is 3.98. The Labute approximate surface area is 151 Å². The van der Waals surface area contributed by atoms with E-state index < -0.39 is 0 Å². The maximum absolute atomic E-state index is 4.65. The van der Waals surface area contributed by atoms with E-state index in [-0.39, 0.29) is 0 Å². The van der Waals surface area contributed by atoms with Crippen molar-refractivity contribution in [1.29, 1.82) is 0 Å². The van der Waals surface area contributed by atoms with Crippen LogP contribution >= 0.6 is 11.3 Å². The van der Waals surface area contributed by atoms with Crippen molar-refractivity contribution in [2.24, 2.45) is 0 Å². The lowest BCUT2D eigenvalue weighted by Crippen LogP contribution is -1.98. The summed E-state index contributed by atoms with van der Waals surface area (Å²) < 4.78 is 0. The number of anilines is 2. The average molecular weight is 345 g/mol. The van der Waals surface area contributed by atoms with Crippen LogP contribution in [-0.2, 0) is 0 Å². The highest BCUT2D eigenvalue weighted by Crippen LogP contribution is 2.36. The van der Waals surface area contributed by atoms with Crippen LogP contribution in [0.2, 0.25) is 0 Å². The molecule has 124 valence electrons. The summed E-state index contributed by atoms with van der Waals surface area (Å²) in [6, 6.07) is 19.0. The van der Waals surface area contributed by atoms with Gasteiger partial charge in [0, 0.05) is 10.6 Å². The third kappa shape index (κ3) is 3.26. The molecule has 0 saturated carbocycles. The van der Waals surface area contributed by atoms with Crippen molar-refractivity contribution in [1.82, 2.24) is 9.97 Å². The Bertz CT molecular complexity index is 1030. The highest BCUT2D eigenvalue weighted by atomic mass is 32.1.